The summed E-state index contributed by atoms with van der Waals surface area (Å²) < 4.78 is 0.976. The van der Waals surface area contributed by atoms with E-state index in [1.54, 1.807) is 24.3 Å². The fourth-order valence-electron chi connectivity index (χ4n) is 2.02. The molecule has 0 fully saturated rings. The number of hydrogen-bond acceptors (Lipinski definition) is 3. The minimum Gasteiger partial charge on any atom is -0.350 e. The van der Waals surface area contributed by atoms with Crippen LogP contribution in [-0.2, 0) is 4.79 Å². The van der Waals surface area contributed by atoms with Gasteiger partial charge in [0.05, 0.1) is 17.0 Å². The molecule has 6 heteroatoms. The second-order valence-electron chi connectivity index (χ2n) is 5.47. The number of anilines is 1. The Labute approximate surface area is 154 Å². The average molecular weight is 407 g/mol. The molecule has 0 unspecified atom stereocenters. The quantitative estimate of drug-likeness (QED) is 0.702. The molecule has 0 spiro atoms. The molecule has 2 N–H and O–H groups in total. The summed E-state index contributed by atoms with van der Waals surface area (Å²) in [6, 6.07) is 14.8. The molecule has 0 aliphatic rings. The first kappa shape index (κ1) is 18.5. The molecule has 0 atom stereocenters. The average Bonchev–Trinajstić information content (AvgIpc) is 2.53. The van der Waals surface area contributed by atoms with Crippen molar-refractivity contribution in [2.45, 2.75) is 24.8 Å². The summed E-state index contributed by atoms with van der Waals surface area (Å²) in [6.07, 6.45) is 0. The van der Waals surface area contributed by atoms with Crippen molar-refractivity contribution in [2.24, 2.45) is 0 Å². The summed E-state index contributed by atoms with van der Waals surface area (Å²) in [6.45, 7) is 3.79. The maximum atomic E-state index is 12.2. The van der Waals surface area contributed by atoms with Crippen LogP contribution in [0.2, 0.25) is 0 Å². The van der Waals surface area contributed by atoms with Crippen LogP contribution in [0.25, 0.3) is 0 Å². The molecule has 0 aliphatic carbocycles. The number of halogens is 1. The molecule has 2 aromatic carbocycles. The van der Waals surface area contributed by atoms with E-state index in [9.17, 15) is 9.59 Å². The number of para-hydroxylation sites is 1. The van der Waals surface area contributed by atoms with Gasteiger partial charge in [0.15, 0.2) is 0 Å². The van der Waals surface area contributed by atoms with Crippen molar-refractivity contribution >= 4 is 45.2 Å². The van der Waals surface area contributed by atoms with Gasteiger partial charge in [-0.2, -0.15) is 0 Å². The summed E-state index contributed by atoms with van der Waals surface area (Å²) in [7, 11) is 0. The van der Waals surface area contributed by atoms with E-state index < -0.39 is 0 Å². The second-order valence-corrected chi connectivity index (χ2v) is 7.43. The first-order chi connectivity index (χ1) is 11.5. The predicted molar refractivity (Wildman–Crippen MR) is 103 cm³/mol. The minimum absolute atomic E-state index is 0.0355. The molecule has 0 saturated carbocycles. The van der Waals surface area contributed by atoms with Gasteiger partial charge in [0.2, 0.25) is 5.91 Å². The summed E-state index contributed by atoms with van der Waals surface area (Å²) >= 11 is 4.85. The van der Waals surface area contributed by atoms with Crippen LogP contribution >= 0.6 is 27.7 Å². The van der Waals surface area contributed by atoms with Gasteiger partial charge < -0.3 is 10.6 Å². The van der Waals surface area contributed by atoms with Crippen LogP contribution in [0.15, 0.2) is 57.9 Å². The molecule has 2 aromatic rings. The summed E-state index contributed by atoms with van der Waals surface area (Å²) in [5.74, 6) is -0.0679. The fourth-order valence-corrected chi connectivity index (χ4v) is 3.33. The zero-order valence-electron chi connectivity index (χ0n) is 13.5. The number of hydrogen-bond donors (Lipinski definition) is 2. The van der Waals surface area contributed by atoms with Gasteiger partial charge in [0.1, 0.15) is 0 Å². The zero-order chi connectivity index (χ0) is 17.5. The topological polar surface area (TPSA) is 58.2 Å². The third-order valence-electron chi connectivity index (χ3n) is 3.03. The Morgan fingerprint density at radius 2 is 1.88 bits per heavy atom. The van der Waals surface area contributed by atoms with Crippen LogP contribution in [0, 0.1) is 0 Å². The number of amides is 2. The van der Waals surface area contributed by atoms with Gasteiger partial charge in [0, 0.05) is 15.4 Å². The van der Waals surface area contributed by atoms with E-state index in [1.807, 2.05) is 38.1 Å². The first-order valence-corrected chi connectivity index (χ1v) is 9.31. The van der Waals surface area contributed by atoms with E-state index >= 15 is 0 Å². The van der Waals surface area contributed by atoms with Crippen LogP contribution in [-0.4, -0.2) is 23.6 Å². The molecule has 0 heterocycles. The van der Waals surface area contributed by atoms with Crippen molar-refractivity contribution in [1.82, 2.24) is 5.32 Å². The van der Waals surface area contributed by atoms with Gasteiger partial charge >= 0.3 is 0 Å². The molecule has 0 saturated heterocycles. The fraction of sp³-hybridized carbons (Fsp3) is 0.222. The van der Waals surface area contributed by atoms with Gasteiger partial charge in [-0.25, -0.2) is 0 Å². The summed E-state index contributed by atoms with van der Waals surface area (Å²) in [5, 5.41) is 5.65. The Hall–Kier alpha value is -1.79. The van der Waals surface area contributed by atoms with Crippen LogP contribution in [0.5, 0.6) is 0 Å². The summed E-state index contributed by atoms with van der Waals surface area (Å²) in [5.41, 5.74) is 0.988. The van der Waals surface area contributed by atoms with E-state index in [1.165, 1.54) is 11.8 Å². The number of benzene rings is 2. The maximum Gasteiger partial charge on any atom is 0.253 e. The molecule has 126 valence electrons. The lowest BCUT2D eigenvalue weighted by atomic mass is 10.1. The monoisotopic (exact) mass is 406 g/mol. The van der Waals surface area contributed by atoms with E-state index in [-0.39, 0.29) is 23.6 Å². The normalized spacial score (nSPS) is 10.5. The molecule has 0 radical (unpaired) electrons. The van der Waals surface area contributed by atoms with Gasteiger partial charge in [-0.05, 0) is 44.2 Å². The Morgan fingerprint density at radius 3 is 2.58 bits per heavy atom. The molecule has 0 bridgehead atoms. The van der Waals surface area contributed by atoms with Gasteiger partial charge in [-0.3, -0.25) is 9.59 Å². The van der Waals surface area contributed by atoms with Crippen LogP contribution in [0.4, 0.5) is 5.69 Å². The highest BCUT2D eigenvalue weighted by atomic mass is 79.9. The van der Waals surface area contributed by atoms with Gasteiger partial charge in [0.25, 0.3) is 5.91 Å². The molecule has 0 aromatic heterocycles. The molecular formula is C18H19BrN2O2S. The molecule has 0 aliphatic heterocycles. The Morgan fingerprint density at radius 1 is 1.12 bits per heavy atom. The maximum absolute atomic E-state index is 12.2. The van der Waals surface area contributed by atoms with E-state index in [2.05, 4.69) is 26.6 Å². The standard InChI is InChI=1S/C18H19BrN2O2S/c1-12(2)20-18(23)15-8-3-4-9-16(15)21-17(22)11-24-14-7-5-6-13(19)10-14/h3-10,12H,11H2,1-2H3,(H,20,23)(H,21,22). The highest BCUT2D eigenvalue weighted by Crippen LogP contribution is 2.22. The van der Waals surface area contributed by atoms with Crippen molar-refractivity contribution in [2.75, 3.05) is 11.1 Å². The highest BCUT2D eigenvalue weighted by molar-refractivity contribution is 9.10. The van der Waals surface area contributed by atoms with Crippen LogP contribution < -0.4 is 10.6 Å². The molecular weight excluding hydrogens is 388 g/mol. The smallest absolute Gasteiger partial charge is 0.253 e. The second kappa shape index (κ2) is 8.89. The van der Waals surface area contributed by atoms with Crippen molar-refractivity contribution in [3.63, 3.8) is 0 Å². The van der Waals surface area contributed by atoms with Crippen LogP contribution in [0.1, 0.15) is 24.2 Å². The number of nitrogens with one attached hydrogen (secondary N) is 2. The van der Waals surface area contributed by atoms with E-state index in [4.69, 9.17) is 0 Å². The van der Waals surface area contributed by atoms with Crippen molar-refractivity contribution in [3.05, 3.63) is 58.6 Å². The molecule has 2 amide bonds. The van der Waals surface area contributed by atoms with Crippen molar-refractivity contribution < 1.29 is 9.59 Å². The predicted octanol–water partition coefficient (Wildman–Crippen LogP) is 4.32. The lowest BCUT2D eigenvalue weighted by Crippen LogP contribution is -2.31. The first-order valence-electron chi connectivity index (χ1n) is 7.54. The number of carbonyl (C=O) groups excluding carboxylic acids is 2. The lowest BCUT2D eigenvalue weighted by Gasteiger charge is -2.13. The molecule has 24 heavy (non-hydrogen) atoms. The molecule has 4 nitrogen and oxygen atoms in total. The number of rotatable bonds is 6. The van der Waals surface area contributed by atoms with E-state index in [0.717, 1.165) is 9.37 Å². The van der Waals surface area contributed by atoms with E-state index in [0.29, 0.717) is 11.3 Å². The van der Waals surface area contributed by atoms with Gasteiger partial charge in [-0.15, -0.1) is 11.8 Å². The number of thioether (sulfide) groups is 1. The third kappa shape index (κ3) is 5.69. The van der Waals surface area contributed by atoms with Crippen LogP contribution in [0.3, 0.4) is 0 Å². The zero-order valence-corrected chi connectivity index (χ0v) is 15.9. The number of carbonyl (C=O) groups is 2. The third-order valence-corrected chi connectivity index (χ3v) is 4.52. The minimum atomic E-state index is -0.194. The van der Waals surface area contributed by atoms with Crippen molar-refractivity contribution in [1.29, 1.82) is 0 Å². The Bertz CT molecular complexity index is 734. The molecule has 2 rings (SSSR count). The summed E-state index contributed by atoms with van der Waals surface area (Å²) in [4.78, 5) is 25.4. The lowest BCUT2D eigenvalue weighted by molar-refractivity contribution is -0.113. The Balaban J connectivity index is 2.00. The SMILES string of the molecule is CC(C)NC(=O)c1ccccc1NC(=O)CSc1cccc(Br)c1. The highest BCUT2D eigenvalue weighted by Gasteiger charge is 2.13. The van der Waals surface area contributed by atoms with Gasteiger partial charge in [-0.1, -0.05) is 34.1 Å². The largest absolute Gasteiger partial charge is 0.350 e. The van der Waals surface area contributed by atoms with Crippen molar-refractivity contribution in [3.8, 4) is 0 Å². The Kier molecular flexibility index (Phi) is 6.87.